The molecule has 1 atom stereocenters. The Balaban J connectivity index is 1.27. The third-order valence-electron chi connectivity index (χ3n) is 6.78. The van der Waals surface area contributed by atoms with Gasteiger partial charge in [0.15, 0.2) is 0 Å². The Kier molecular flexibility index (Phi) is 5.01. The summed E-state index contributed by atoms with van der Waals surface area (Å²) in [6.07, 6.45) is 4.04. The number of piperidine rings is 1. The lowest BCUT2D eigenvalue weighted by Gasteiger charge is -2.26. The zero-order chi connectivity index (χ0) is 20.6. The van der Waals surface area contributed by atoms with Gasteiger partial charge in [0, 0.05) is 22.0 Å². The van der Waals surface area contributed by atoms with Crippen molar-refractivity contribution < 1.29 is 4.74 Å². The Bertz CT molecular complexity index is 1200. The third kappa shape index (κ3) is 3.46. The highest BCUT2D eigenvalue weighted by atomic mass is 32.1. The van der Waals surface area contributed by atoms with Gasteiger partial charge >= 0.3 is 0 Å². The van der Waals surface area contributed by atoms with Gasteiger partial charge in [0.05, 0.1) is 0 Å². The number of nitrogens with zero attached hydrogens (tertiary/aromatic N) is 1. The Morgan fingerprint density at radius 3 is 2.48 bits per heavy atom. The molecular formula is C28H27NOS. The summed E-state index contributed by atoms with van der Waals surface area (Å²) in [5, 5.41) is 1.39. The second-order valence-corrected chi connectivity index (χ2v) is 9.73. The quantitative estimate of drug-likeness (QED) is 0.303. The lowest BCUT2D eigenvalue weighted by Crippen LogP contribution is -2.33. The maximum Gasteiger partial charge on any atom is 0.119 e. The van der Waals surface area contributed by atoms with Crippen molar-refractivity contribution in [3.05, 3.63) is 89.5 Å². The van der Waals surface area contributed by atoms with Gasteiger partial charge in [0.1, 0.15) is 12.4 Å². The third-order valence-corrected chi connectivity index (χ3v) is 8.00. The summed E-state index contributed by atoms with van der Waals surface area (Å²) >= 11 is 1.93. The normalized spacial score (nSPS) is 18.1. The van der Waals surface area contributed by atoms with Crippen LogP contribution in [0.3, 0.4) is 0 Å². The first kappa shape index (κ1) is 19.1. The van der Waals surface area contributed by atoms with Crippen LogP contribution in [0.1, 0.15) is 41.9 Å². The topological polar surface area (TPSA) is 12.5 Å². The molecule has 31 heavy (non-hydrogen) atoms. The van der Waals surface area contributed by atoms with E-state index in [1.807, 2.05) is 11.3 Å². The molecule has 1 fully saturated rings. The van der Waals surface area contributed by atoms with Crippen molar-refractivity contribution in [3.63, 3.8) is 0 Å². The van der Waals surface area contributed by atoms with E-state index < -0.39 is 0 Å². The van der Waals surface area contributed by atoms with E-state index in [0.717, 1.165) is 18.9 Å². The highest BCUT2D eigenvalue weighted by Crippen LogP contribution is 2.54. The lowest BCUT2D eigenvalue weighted by atomic mass is 9.88. The van der Waals surface area contributed by atoms with Gasteiger partial charge in [-0.05, 0) is 71.8 Å². The molecule has 0 N–H and O–H groups in total. The summed E-state index contributed by atoms with van der Waals surface area (Å²) in [5.41, 5.74) is 5.64. The summed E-state index contributed by atoms with van der Waals surface area (Å²) in [4.78, 5) is 3.96. The predicted molar refractivity (Wildman–Crippen MR) is 130 cm³/mol. The van der Waals surface area contributed by atoms with Crippen LogP contribution in [-0.4, -0.2) is 31.1 Å². The molecule has 1 aliphatic heterocycles. The zero-order valence-corrected chi connectivity index (χ0v) is 18.5. The minimum absolute atomic E-state index is 0.296. The number of ether oxygens (including phenoxy) is 1. The summed E-state index contributed by atoms with van der Waals surface area (Å²) in [6, 6.07) is 26.6. The number of hydrogen-bond donors (Lipinski definition) is 0. The summed E-state index contributed by atoms with van der Waals surface area (Å²) < 4.78 is 7.46. The van der Waals surface area contributed by atoms with Gasteiger partial charge in [0.2, 0.25) is 0 Å². The van der Waals surface area contributed by atoms with Gasteiger partial charge in [-0.2, -0.15) is 0 Å². The molecule has 0 amide bonds. The van der Waals surface area contributed by atoms with Crippen molar-refractivity contribution in [3.8, 4) is 16.2 Å². The molecule has 1 aliphatic carbocycles. The molecule has 2 nitrogen and oxygen atoms in total. The van der Waals surface area contributed by atoms with Crippen LogP contribution in [0.5, 0.6) is 5.75 Å². The van der Waals surface area contributed by atoms with Crippen LogP contribution >= 0.6 is 11.3 Å². The first-order valence-corrected chi connectivity index (χ1v) is 12.3. The highest BCUT2D eigenvalue weighted by Gasteiger charge is 2.33. The molecule has 0 saturated carbocycles. The standard InChI is InChI=1S/C28H27NOS/c1-6-16-29(17-7-1)18-19-30-21-14-12-20(13-15-21)26-22-8-2-3-9-23(22)28-27(26)24-10-4-5-11-25(24)31-28/h2-5,8-15,26H,1,6-7,16-19H2. The first-order valence-electron chi connectivity index (χ1n) is 11.4. The van der Waals surface area contributed by atoms with Gasteiger partial charge in [0.25, 0.3) is 0 Å². The molecule has 6 rings (SSSR count). The van der Waals surface area contributed by atoms with Crippen LogP contribution in [0, 0.1) is 0 Å². The monoisotopic (exact) mass is 425 g/mol. The molecule has 2 aliphatic rings. The maximum absolute atomic E-state index is 6.08. The number of fused-ring (bicyclic) bond motifs is 5. The smallest absolute Gasteiger partial charge is 0.119 e. The number of thiophene rings is 1. The van der Waals surface area contributed by atoms with Crippen molar-refractivity contribution in [1.29, 1.82) is 0 Å². The second kappa shape index (κ2) is 8.14. The number of rotatable bonds is 5. The minimum atomic E-state index is 0.296. The highest BCUT2D eigenvalue weighted by molar-refractivity contribution is 7.22. The van der Waals surface area contributed by atoms with Crippen molar-refractivity contribution in [2.45, 2.75) is 25.2 Å². The van der Waals surface area contributed by atoms with E-state index in [2.05, 4.69) is 77.7 Å². The molecule has 2 heterocycles. The van der Waals surface area contributed by atoms with Crippen molar-refractivity contribution in [2.75, 3.05) is 26.2 Å². The number of hydrogen-bond acceptors (Lipinski definition) is 3. The molecule has 3 aromatic carbocycles. The SMILES string of the molecule is c1ccc2c(c1)-c1sc3ccccc3c1C2c1ccc(OCCN2CCCCC2)cc1. The van der Waals surface area contributed by atoms with Crippen molar-refractivity contribution >= 4 is 21.4 Å². The summed E-state index contributed by atoms with van der Waals surface area (Å²) in [6.45, 7) is 4.24. The van der Waals surface area contributed by atoms with Crippen LogP contribution in [0.2, 0.25) is 0 Å². The molecular weight excluding hydrogens is 398 g/mol. The molecule has 1 saturated heterocycles. The zero-order valence-electron chi connectivity index (χ0n) is 17.7. The van der Waals surface area contributed by atoms with Gasteiger partial charge in [-0.25, -0.2) is 0 Å². The summed E-state index contributed by atoms with van der Waals surface area (Å²) in [7, 11) is 0. The fraction of sp³-hybridized carbons (Fsp3) is 0.286. The maximum atomic E-state index is 6.08. The Morgan fingerprint density at radius 2 is 1.61 bits per heavy atom. The number of benzene rings is 3. The minimum Gasteiger partial charge on any atom is -0.492 e. The number of likely N-dealkylation sites (tertiary alicyclic amines) is 1. The molecule has 1 unspecified atom stereocenters. The first-order chi connectivity index (χ1) is 15.4. The van der Waals surface area contributed by atoms with E-state index in [4.69, 9.17) is 4.74 Å². The fourth-order valence-corrected chi connectivity index (χ4v) is 6.53. The second-order valence-electron chi connectivity index (χ2n) is 8.68. The van der Waals surface area contributed by atoms with Crippen molar-refractivity contribution in [2.24, 2.45) is 0 Å². The summed E-state index contributed by atoms with van der Waals surface area (Å²) in [5.74, 6) is 1.27. The van der Waals surface area contributed by atoms with E-state index >= 15 is 0 Å². The van der Waals surface area contributed by atoms with Gasteiger partial charge in [-0.15, -0.1) is 11.3 Å². The van der Waals surface area contributed by atoms with E-state index in [0.29, 0.717) is 5.92 Å². The van der Waals surface area contributed by atoms with Crippen LogP contribution < -0.4 is 4.74 Å². The van der Waals surface area contributed by atoms with E-state index in [9.17, 15) is 0 Å². The van der Waals surface area contributed by atoms with Gasteiger partial charge < -0.3 is 4.74 Å². The van der Waals surface area contributed by atoms with E-state index in [1.165, 1.54) is 69.6 Å². The molecule has 1 aromatic heterocycles. The molecule has 156 valence electrons. The van der Waals surface area contributed by atoms with Crippen LogP contribution in [0.15, 0.2) is 72.8 Å². The largest absolute Gasteiger partial charge is 0.492 e. The Morgan fingerprint density at radius 1 is 0.839 bits per heavy atom. The van der Waals surface area contributed by atoms with Crippen LogP contribution in [0.4, 0.5) is 0 Å². The van der Waals surface area contributed by atoms with E-state index in [1.54, 1.807) is 0 Å². The molecule has 0 radical (unpaired) electrons. The Hall–Kier alpha value is -2.62. The molecule has 0 spiro atoms. The van der Waals surface area contributed by atoms with E-state index in [-0.39, 0.29) is 0 Å². The van der Waals surface area contributed by atoms with Crippen molar-refractivity contribution in [1.82, 2.24) is 4.90 Å². The van der Waals surface area contributed by atoms with Crippen LogP contribution in [0.25, 0.3) is 20.5 Å². The molecule has 3 heteroatoms. The van der Waals surface area contributed by atoms with Crippen LogP contribution in [-0.2, 0) is 0 Å². The molecule has 4 aromatic rings. The van der Waals surface area contributed by atoms with Gasteiger partial charge in [-0.3, -0.25) is 4.90 Å². The average molecular weight is 426 g/mol. The average Bonchev–Trinajstić information content (AvgIpc) is 3.35. The fourth-order valence-electron chi connectivity index (χ4n) is 5.24. The molecule has 0 bridgehead atoms. The lowest BCUT2D eigenvalue weighted by molar-refractivity contribution is 0.183. The van der Waals surface area contributed by atoms with Gasteiger partial charge in [-0.1, -0.05) is 61.0 Å². The Labute approximate surface area is 188 Å². The predicted octanol–water partition coefficient (Wildman–Crippen LogP) is 6.93.